The van der Waals surface area contributed by atoms with Crippen LogP contribution in [0.15, 0.2) is 59.8 Å². The van der Waals surface area contributed by atoms with Gasteiger partial charge in [0.2, 0.25) is 5.91 Å². The molecular weight excluding hydrogens is 505 g/mol. The SMILES string of the molecule is CC(C(=O)NC(c1ccc(C(F)(F)Cl)nc1)N1C=CCCCC1)c1cccc(S(=O)(=O)N(C)F)c1. The van der Waals surface area contributed by atoms with Crippen LogP contribution in [-0.2, 0) is 20.2 Å². The third kappa shape index (κ3) is 6.53. The second-order valence-corrected chi connectivity index (χ2v) is 10.6. The van der Waals surface area contributed by atoms with Gasteiger partial charge in [-0.1, -0.05) is 24.3 Å². The van der Waals surface area contributed by atoms with Gasteiger partial charge in [-0.15, -0.1) is 4.48 Å². The van der Waals surface area contributed by atoms with Crippen LogP contribution in [0.25, 0.3) is 0 Å². The largest absolute Gasteiger partial charge is 0.364 e. The van der Waals surface area contributed by atoms with Gasteiger partial charge in [0, 0.05) is 25.4 Å². The molecule has 0 saturated heterocycles. The molecule has 1 aromatic heterocycles. The fourth-order valence-electron chi connectivity index (χ4n) is 3.65. The van der Waals surface area contributed by atoms with Crippen LogP contribution >= 0.6 is 11.6 Å². The van der Waals surface area contributed by atoms with Crippen LogP contribution in [0.2, 0.25) is 0 Å². The zero-order valence-corrected chi connectivity index (χ0v) is 20.7. The molecule has 1 aliphatic rings. The van der Waals surface area contributed by atoms with Gasteiger partial charge in [-0.3, -0.25) is 9.78 Å². The summed E-state index contributed by atoms with van der Waals surface area (Å²) in [5.41, 5.74) is 0.228. The lowest BCUT2D eigenvalue weighted by molar-refractivity contribution is -0.124. The number of hydrogen-bond acceptors (Lipinski definition) is 5. The van der Waals surface area contributed by atoms with E-state index >= 15 is 0 Å². The smallest absolute Gasteiger partial charge is 0.354 e. The minimum atomic E-state index is -4.32. The molecule has 0 spiro atoms. The molecule has 2 heterocycles. The van der Waals surface area contributed by atoms with Crippen LogP contribution in [-0.4, -0.2) is 42.3 Å². The summed E-state index contributed by atoms with van der Waals surface area (Å²) in [6.45, 7) is 2.20. The minimum Gasteiger partial charge on any atom is -0.354 e. The predicted octanol–water partition coefficient (Wildman–Crippen LogP) is 4.79. The first-order chi connectivity index (χ1) is 16.4. The average Bonchev–Trinajstić information content (AvgIpc) is 3.11. The zero-order chi connectivity index (χ0) is 25.8. The number of allylic oxidation sites excluding steroid dienone is 1. The van der Waals surface area contributed by atoms with Crippen LogP contribution < -0.4 is 5.32 Å². The molecular formula is C23H26ClF3N4O3S. The van der Waals surface area contributed by atoms with E-state index in [9.17, 15) is 26.5 Å². The number of halogens is 4. The number of alkyl halides is 3. The number of hydrogen-bond donors (Lipinski definition) is 1. The Hall–Kier alpha value is -2.63. The molecule has 0 aliphatic carbocycles. The molecule has 1 amide bonds. The summed E-state index contributed by atoms with van der Waals surface area (Å²) in [7, 11) is -3.55. The number of amides is 1. The van der Waals surface area contributed by atoms with Crippen LogP contribution in [0.1, 0.15) is 55.1 Å². The van der Waals surface area contributed by atoms with Crippen molar-refractivity contribution in [3.63, 3.8) is 0 Å². The maximum atomic E-state index is 13.5. The number of aromatic nitrogens is 1. The Morgan fingerprint density at radius 1 is 1.23 bits per heavy atom. The van der Waals surface area contributed by atoms with Gasteiger partial charge >= 0.3 is 5.38 Å². The number of pyridine rings is 1. The first kappa shape index (κ1) is 27.0. The second-order valence-electron chi connectivity index (χ2n) is 8.19. The van der Waals surface area contributed by atoms with E-state index in [1.807, 2.05) is 17.2 Å². The van der Waals surface area contributed by atoms with Gasteiger partial charge in [0.15, 0.2) is 0 Å². The highest BCUT2D eigenvalue weighted by atomic mass is 35.5. The number of benzene rings is 1. The number of nitrogens with zero attached hydrogens (tertiary/aromatic N) is 3. The van der Waals surface area contributed by atoms with E-state index in [2.05, 4.69) is 10.3 Å². The Morgan fingerprint density at radius 2 is 1.97 bits per heavy atom. The van der Waals surface area contributed by atoms with Gasteiger partial charge in [0.05, 0.1) is 10.8 Å². The van der Waals surface area contributed by atoms with Gasteiger partial charge in [-0.05, 0) is 72.3 Å². The van der Waals surface area contributed by atoms with Crippen molar-refractivity contribution >= 4 is 27.5 Å². The van der Waals surface area contributed by atoms with E-state index in [1.54, 1.807) is 13.0 Å². The van der Waals surface area contributed by atoms with Crippen LogP contribution in [0, 0.1) is 0 Å². The summed E-state index contributed by atoms with van der Waals surface area (Å²) in [5.74, 6) is -1.24. The fraction of sp³-hybridized carbons (Fsp3) is 0.391. The van der Waals surface area contributed by atoms with Crippen LogP contribution in [0.4, 0.5) is 13.3 Å². The van der Waals surface area contributed by atoms with Crippen molar-refractivity contribution in [3.8, 4) is 0 Å². The molecule has 190 valence electrons. The van der Waals surface area contributed by atoms with E-state index in [4.69, 9.17) is 11.6 Å². The van der Waals surface area contributed by atoms with Crippen molar-refractivity contribution in [2.24, 2.45) is 0 Å². The third-order valence-electron chi connectivity index (χ3n) is 5.72. The first-order valence-electron chi connectivity index (χ1n) is 10.9. The maximum Gasteiger partial charge on any atom is 0.364 e. The lowest BCUT2D eigenvalue weighted by Gasteiger charge is -2.32. The molecule has 2 atom stereocenters. The molecule has 2 aromatic rings. The number of nitrogens with one attached hydrogen (secondary N) is 1. The molecule has 0 fully saturated rings. The molecule has 3 rings (SSSR count). The number of carbonyl (C=O) groups excluding carboxylic acids is 1. The summed E-state index contributed by atoms with van der Waals surface area (Å²) in [6, 6.07) is 8.02. The van der Waals surface area contributed by atoms with Crippen molar-refractivity contribution < 1.29 is 26.5 Å². The Kier molecular flexibility index (Phi) is 8.45. The van der Waals surface area contributed by atoms with E-state index in [0.29, 0.717) is 17.7 Å². The summed E-state index contributed by atoms with van der Waals surface area (Å²) in [4.78, 5) is 18.6. The highest BCUT2D eigenvalue weighted by Gasteiger charge is 2.31. The molecule has 1 N–H and O–H groups in total. The van der Waals surface area contributed by atoms with E-state index in [1.165, 1.54) is 30.5 Å². The number of rotatable bonds is 8. The van der Waals surface area contributed by atoms with E-state index < -0.39 is 39.1 Å². The monoisotopic (exact) mass is 530 g/mol. The maximum absolute atomic E-state index is 13.5. The summed E-state index contributed by atoms with van der Waals surface area (Å²) >= 11 is 5.06. The number of carbonyl (C=O) groups is 1. The molecule has 1 aromatic carbocycles. The average molecular weight is 531 g/mol. The quantitative estimate of drug-likeness (QED) is 0.392. The zero-order valence-electron chi connectivity index (χ0n) is 19.2. The summed E-state index contributed by atoms with van der Waals surface area (Å²) in [6.07, 6.45) is 7.02. The predicted molar refractivity (Wildman–Crippen MR) is 125 cm³/mol. The van der Waals surface area contributed by atoms with Crippen molar-refractivity contribution in [2.75, 3.05) is 13.6 Å². The van der Waals surface area contributed by atoms with E-state index in [0.717, 1.165) is 32.4 Å². The molecule has 0 bridgehead atoms. The third-order valence-corrected chi connectivity index (χ3v) is 7.42. The fourth-order valence-corrected chi connectivity index (χ4v) is 4.59. The van der Waals surface area contributed by atoms with Gasteiger partial charge in [-0.25, -0.2) is 8.42 Å². The highest BCUT2D eigenvalue weighted by Crippen LogP contribution is 2.32. The van der Waals surface area contributed by atoms with Crippen molar-refractivity contribution in [1.82, 2.24) is 19.7 Å². The van der Waals surface area contributed by atoms with Gasteiger partial charge < -0.3 is 10.2 Å². The standard InChI is InChI=1S/C23H26ClF3N4O3S/c1-16(17-8-7-9-19(14-17)35(33,34)30(2)27)22(32)29-21(31-12-5-3-4-6-13-31)18-10-11-20(28-15-18)23(24,25)26/h5,7-12,14-16,21H,3-4,6,13H2,1-2H3,(H,29,32). The van der Waals surface area contributed by atoms with Gasteiger partial charge in [0.25, 0.3) is 10.0 Å². The Bertz CT molecular complexity index is 1170. The van der Waals surface area contributed by atoms with Crippen molar-refractivity contribution in [3.05, 3.63) is 71.7 Å². The Morgan fingerprint density at radius 3 is 2.60 bits per heavy atom. The molecule has 0 saturated carbocycles. The highest BCUT2D eigenvalue weighted by molar-refractivity contribution is 7.89. The Balaban J connectivity index is 1.89. The second kappa shape index (κ2) is 11.0. The molecule has 35 heavy (non-hydrogen) atoms. The van der Waals surface area contributed by atoms with Gasteiger partial charge in [0.1, 0.15) is 11.9 Å². The van der Waals surface area contributed by atoms with Gasteiger partial charge in [-0.2, -0.15) is 8.78 Å². The Labute approximate surface area is 207 Å². The van der Waals surface area contributed by atoms with Crippen molar-refractivity contribution in [1.29, 1.82) is 0 Å². The van der Waals surface area contributed by atoms with E-state index in [-0.39, 0.29) is 9.42 Å². The number of sulfonamides is 1. The summed E-state index contributed by atoms with van der Waals surface area (Å²) < 4.78 is 64.2. The molecule has 0 radical (unpaired) electrons. The summed E-state index contributed by atoms with van der Waals surface area (Å²) in [5, 5.41) is -0.708. The topological polar surface area (TPSA) is 82.6 Å². The lowest BCUT2D eigenvalue weighted by atomic mass is 10.00. The normalized spacial score (nSPS) is 16.6. The van der Waals surface area contributed by atoms with Crippen LogP contribution in [0.5, 0.6) is 0 Å². The molecule has 2 unspecified atom stereocenters. The lowest BCUT2D eigenvalue weighted by Crippen LogP contribution is -2.41. The molecule has 1 aliphatic heterocycles. The molecule has 7 nitrogen and oxygen atoms in total. The molecule has 12 heteroatoms. The van der Waals surface area contributed by atoms with Crippen LogP contribution in [0.3, 0.4) is 0 Å². The van der Waals surface area contributed by atoms with Crippen molar-refractivity contribution in [2.45, 2.75) is 48.5 Å². The first-order valence-corrected chi connectivity index (χ1v) is 12.7. The minimum absolute atomic E-state index is 0.284.